The summed E-state index contributed by atoms with van der Waals surface area (Å²) < 4.78 is 0. The number of benzene rings is 3. The first-order valence-corrected chi connectivity index (χ1v) is 9.20. The Hall–Kier alpha value is -3.93. The minimum Gasteiger partial charge on any atom is -0.300 e. The van der Waals surface area contributed by atoms with Crippen LogP contribution in [0.25, 0.3) is 22.1 Å². The van der Waals surface area contributed by atoms with Crippen molar-refractivity contribution >= 4 is 45.4 Å². The Kier molecular flexibility index (Phi) is 3.74. The maximum absolute atomic E-state index is 13.3. The molecule has 0 fully saturated rings. The second-order valence-electron chi connectivity index (χ2n) is 7.02. The molecule has 5 rings (SSSR count). The SMILES string of the molecule is CC(=O)Cc1c2c(cc3nc4ccccc4nc13)C(=O)N(c1ccccc1)C2=O. The Bertz CT molecular complexity index is 1350. The number of nitrogens with zero attached hydrogens (tertiary/aromatic N) is 3. The van der Waals surface area contributed by atoms with Crippen LogP contribution in [-0.4, -0.2) is 27.6 Å². The van der Waals surface area contributed by atoms with Gasteiger partial charge in [0.2, 0.25) is 0 Å². The highest BCUT2D eigenvalue weighted by Crippen LogP contribution is 2.35. The summed E-state index contributed by atoms with van der Waals surface area (Å²) in [5.41, 5.74) is 3.77. The van der Waals surface area contributed by atoms with Crippen molar-refractivity contribution in [2.75, 3.05) is 4.90 Å². The van der Waals surface area contributed by atoms with Crippen molar-refractivity contribution in [3.63, 3.8) is 0 Å². The Morgan fingerprint density at radius 2 is 1.52 bits per heavy atom. The second-order valence-corrected chi connectivity index (χ2v) is 7.02. The summed E-state index contributed by atoms with van der Waals surface area (Å²) in [6, 6.07) is 17.7. The maximum atomic E-state index is 13.3. The molecule has 0 N–H and O–H groups in total. The molecule has 0 radical (unpaired) electrons. The topological polar surface area (TPSA) is 80.2 Å². The highest BCUT2D eigenvalue weighted by Gasteiger charge is 2.40. The number of hydrogen-bond donors (Lipinski definition) is 0. The number of amides is 2. The minimum atomic E-state index is -0.440. The van der Waals surface area contributed by atoms with Gasteiger partial charge in [0, 0.05) is 12.0 Å². The molecule has 1 aliphatic rings. The van der Waals surface area contributed by atoms with Gasteiger partial charge in [-0.2, -0.15) is 0 Å². The van der Waals surface area contributed by atoms with Crippen LogP contribution in [0.3, 0.4) is 0 Å². The van der Waals surface area contributed by atoms with Gasteiger partial charge in [0.25, 0.3) is 11.8 Å². The van der Waals surface area contributed by atoms with Gasteiger partial charge in [-0.1, -0.05) is 30.3 Å². The molecule has 4 aromatic rings. The van der Waals surface area contributed by atoms with Gasteiger partial charge >= 0.3 is 0 Å². The number of para-hydroxylation sites is 3. The molecule has 6 heteroatoms. The summed E-state index contributed by atoms with van der Waals surface area (Å²) in [5.74, 6) is -0.977. The highest BCUT2D eigenvalue weighted by atomic mass is 16.2. The van der Waals surface area contributed by atoms with Crippen LogP contribution in [0.2, 0.25) is 0 Å². The van der Waals surface area contributed by atoms with Gasteiger partial charge in [-0.25, -0.2) is 14.9 Å². The van der Waals surface area contributed by atoms with Crippen LogP contribution < -0.4 is 4.90 Å². The summed E-state index contributed by atoms with van der Waals surface area (Å²) in [6.45, 7) is 1.45. The summed E-state index contributed by atoms with van der Waals surface area (Å²) in [6.07, 6.45) is 0.00828. The molecule has 0 aliphatic carbocycles. The lowest BCUT2D eigenvalue weighted by molar-refractivity contribution is -0.116. The summed E-state index contributed by atoms with van der Waals surface area (Å²) in [5, 5.41) is 0. The number of rotatable bonds is 3. The van der Waals surface area contributed by atoms with E-state index in [0.29, 0.717) is 33.3 Å². The van der Waals surface area contributed by atoms with E-state index in [1.807, 2.05) is 30.3 Å². The fourth-order valence-electron chi connectivity index (χ4n) is 3.80. The third-order valence-corrected chi connectivity index (χ3v) is 5.03. The van der Waals surface area contributed by atoms with Gasteiger partial charge in [-0.05, 0) is 37.3 Å². The number of anilines is 1. The zero-order valence-electron chi connectivity index (χ0n) is 15.5. The molecule has 0 spiro atoms. The second kappa shape index (κ2) is 6.31. The number of hydrogen-bond acceptors (Lipinski definition) is 5. The highest BCUT2D eigenvalue weighted by molar-refractivity contribution is 6.36. The van der Waals surface area contributed by atoms with Crippen molar-refractivity contribution in [3.8, 4) is 0 Å². The molecule has 2 heterocycles. The Balaban J connectivity index is 1.82. The van der Waals surface area contributed by atoms with E-state index in [0.717, 1.165) is 4.90 Å². The van der Waals surface area contributed by atoms with Gasteiger partial charge in [0.05, 0.1) is 38.9 Å². The molecular formula is C23H15N3O3. The van der Waals surface area contributed by atoms with Gasteiger partial charge in [-0.15, -0.1) is 0 Å². The van der Waals surface area contributed by atoms with E-state index in [4.69, 9.17) is 0 Å². The molecule has 29 heavy (non-hydrogen) atoms. The van der Waals surface area contributed by atoms with E-state index >= 15 is 0 Å². The fraction of sp³-hybridized carbons (Fsp3) is 0.0870. The molecule has 6 nitrogen and oxygen atoms in total. The summed E-state index contributed by atoms with van der Waals surface area (Å²) in [4.78, 5) is 48.8. The summed E-state index contributed by atoms with van der Waals surface area (Å²) in [7, 11) is 0. The number of carbonyl (C=O) groups excluding carboxylic acids is 3. The number of aromatic nitrogens is 2. The van der Waals surface area contributed by atoms with Crippen molar-refractivity contribution in [1.29, 1.82) is 0 Å². The van der Waals surface area contributed by atoms with Crippen LogP contribution in [0, 0.1) is 0 Å². The quantitative estimate of drug-likeness (QED) is 0.399. The van der Waals surface area contributed by atoms with Crippen molar-refractivity contribution < 1.29 is 14.4 Å². The van der Waals surface area contributed by atoms with E-state index in [2.05, 4.69) is 9.97 Å². The van der Waals surface area contributed by atoms with E-state index in [1.165, 1.54) is 6.92 Å². The monoisotopic (exact) mass is 381 g/mol. The smallest absolute Gasteiger partial charge is 0.266 e. The number of fused-ring (bicyclic) bond motifs is 3. The predicted octanol–water partition coefficient (Wildman–Crippen LogP) is 3.72. The first-order valence-electron chi connectivity index (χ1n) is 9.20. The largest absolute Gasteiger partial charge is 0.300 e. The number of carbonyl (C=O) groups is 3. The third-order valence-electron chi connectivity index (χ3n) is 5.03. The van der Waals surface area contributed by atoms with Crippen LogP contribution in [0.1, 0.15) is 33.2 Å². The third kappa shape index (κ3) is 2.61. The average Bonchev–Trinajstić information content (AvgIpc) is 2.97. The number of Topliss-reactive ketones (excluding diaryl/α,β-unsaturated/α-hetero) is 1. The first kappa shape index (κ1) is 17.2. The van der Waals surface area contributed by atoms with Gasteiger partial charge in [-0.3, -0.25) is 14.4 Å². The van der Waals surface area contributed by atoms with Crippen molar-refractivity contribution in [2.24, 2.45) is 0 Å². The minimum absolute atomic E-state index is 0.00828. The zero-order chi connectivity index (χ0) is 20.1. The molecule has 0 atom stereocenters. The predicted molar refractivity (Wildman–Crippen MR) is 109 cm³/mol. The van der Waals surface area contributed by atoms with E-state index in [-0.39, 0.29) is 23.3 Å². The van der Waals surface area contributed by atoms with Gasteiger partial charge < -0.3 is 0 Å². The van der Waals surface area contributed by atoms with E-state index < -0.39 is 11.8 Å². The van der Waals surface area contributed by atoms with Crippen molar-refractivity contribution in [2.45, 2.75) is 13.3 Å². The van der Waals surface area contributed by atoms with Crippen molar-refractivity contribution in [3.05, 3.63) is 77.4 Å². The Morgan fingerprint density at radius 3 is 2.21 bits per heavy atom. The Labute approximate surface area is 165 Å². The lowest BCUT2D eigenvalue weighted by atomic mass is 9.96. The maximum Gasteiger partial charge on any atom is 0.266 e. The van der Waals surface area contributed by atoms with E-state index in [9.17, 15) is 14.4 Å². The molecule has 0 saturated carbocycles. The van der Waals surface area contributed by atoms with Crippen LogP contribution in [0.4, 0.5) is 5.69 Å². The molecule has 0 saturated heterocycles. The Morgan fingerprint density at radius 1 is 0.862 bits per heavy atom. The molecule has 2 amide bonds. The molecule has 3 aromatic carbocycles. The standard InChI is InChI=1S/C23H15N3O3/c1-13(27)11-15-20-16(22(28)26(23(20)29)14-7-3-2-4-8-14)12-19-21(15)25-18-10-6-5-9-17(18)24-19/h2-10,12H,11H2,1H3. The normalized spacial score (nSPS) is 13.3. The molecular weight excluding hydrogens is 366 g/mol. The number of ketones is 1. The summed E-state index contributed by atoms with van der Waals surface area (Å²) >= 11 is 0. The number of imide groups is 1. The molecule has 1 aromatic heterocycles. The van der Waals surface area contributed by atoms with Crippen LogP contribution >= 0.6 is 0 Å². The average molecular weight is 381 g/mol. The van der Waals surface area contributed by atoms with Crippen molar-refractivity contribution in [1.82, 2.24) is 9.97 Å². The lowest BCUT2D eigenvalue weighted by Gasteiger charge is -2.13. The molecule has 1 aliphatic heterocycles. The van der Waals surface area contributed by atoms with Crippen LogP contribution in [-0.2, 0) is 11.2 Å². The van der Waals surface area contributed by atoms with Crippen LogP contribution in [0.5, 0.6) is 0 Å². The lowest BCUT2D eigenvalue weighted by Crippen LogP contribution is -2.29. The first-order chi connectivity index (χ1) is 14.0. The molecule has 0 bridgehead atoms. The van der Waals surface area contributed by atoms with Gasteiger partial charge in [0.15, 0.2) is 0 Å². The van der Waals surface area contributed by atoms with Crippen LogP contribution in [0.15, 0.2) is 60.7 Å². The molecule has 0 unspecified atom stereocenters. The fourth-order valence-corrected chi connectivity index (χ4v) is 3.80. The van der Waals surface area contributed by atoms with Gasteiger partial charge in [0.1, 0.15) is 5.78 Å². The van der Waals surface area contributed by atoms with E-state index in [1.54, 1.807) is 30.3 Å². The zero-order valence-corrected chi connectivity index (χ0v) is 15.5. The molecule has 140 valence electrons.